The van der Waals surface area contributed by atoms with Crippen LogP contribution in [0.25, 0.3) is 0 Å². The van der Waals surface area contributed by atoms with Gasteiger partial charge in [-0.1, -0.05) is 129 Å². The van der Waals surface area contributed by atoms with Crippen LogP contribution in [-0.2, 0) is 15.1 Å². The molecule has 0 nitrogen and oxygen atoms in total. The Balaban J connectivity index is 0.000000858. The molecule has 0 saturated carbocycles. The average Bonchev–Trinajstić information content (AvgIpc) is 2.85. The van der Waals surface area contributed by atoms with Crippen molar-refractivity contribution in [1.82, 2.24) is 0 Å². The molecule has 0 atom stereocenters. The summed E-state index contributed by atoms with van der Waals surface area (Å²) in [5.74, 6) is 6.14. The Labute approximate surface area is 203 Å². The molecule has 158 valence electrons. The van der Waals surface area contributed by atoms with Crippen LogP contribution in [0.1, 0.15) is 0 Å². The first kappa shape index (κ1) is 24.3. The van der Waals surface area contributed by atoms with Gasteiger partial charge in [0.2, 0.25) is 0 Å². The second-order valence-electron chi connectivity index (χ2n) is 6.36. The van der Waals surface area contributed by atoms with Crippen LogP contribution >= 0.6 is 35.2 Å². The van der Waals surface area contributed by atoms with Crippen LogP contribution in [0, 0.1) is 5.82 Å². The van der Waals surface area contributed by atoms with Crippen molar-refractivity contribution in [2.24, 2.45) is 0 Å². The number of halogens is 2. The number of rotatable bonds is 6. The first-order chi connectivity index (χ1) is 15.3. The van der Waals surface area contributed by atoms with Gasteiger partial charge in [-0.3, -0.25) is 0 Å². The van der Waals surface area contributed by atoms with E-state index in [-0.39, 0.29) is 15.1 Å². The van der Waals surface area contributed by atoms with Crippen LogP contribution in [0.2, 0.25) is 0 Å². The molecule has 0 aromatic heterocycles. The van der Waals surface area contributed by atoms with Gasteiger partial charge in [-0.25, -0.2) is 13.7 Å². The fourth-order valence-electron chi connectivity index (χ4n) is 3.04. The van der Waals surface area contributed by atoms with Gasteiger partial charge in [0.05, 0.1) is 0 Å². The van der Waals surface area contributed by atoms with E-state index in [2.05, 4.69) is 133 Å². The molecule has 0 aliphatic heterocycles. The second-order valence-corrected chi connectivity index (χ2v) is 13.0. The summed E-state index contributed by atoms with van der Waals surface area (Å²) < 4.78 is 0. The Kier molecular flexibility index (Phi) is 11.0. The molecule has 0 aliphatic rings. The zero-order valence-electron chi connectivity index (χ0n) is 16.6. The van der Waals surface area contributed by atoms with Crippen LogP contribution in [0.5, 0.6) is 0 Å². The quantitative estimate of drug-likeness (QED) is 0.135. The molecule has 0 aliphatic carbocycles. The van der Waals surface area contributed by atoms with Gasteiger partial charge < -0.3 is 5.82 Å². The third kappa shape index (κ3) is 7.65. The van der Waals surface area contributed by atoms with E-state index in [1.807, 2.05) is 0 Å². The van der Waals surface area contributed by atoms with Crippen molar-refractivity contribution >= 4 is 56.4 Å². The molecule has 4 rings (SSSR count). The summed E-state index contributed by atoms with van der Waals surface area (Å²) in [5, 5.41) is 5.37. The van der Waals surface area contributed by atoms with E-state index in [4.69, 9.17) is 19.4 Å². The zero-order valence-corrected chi connectivity index (χ0v) is 21.7. The van der Waals surface area contributed by atoms with E-state index in [0.29, 0.717) is 0 Å². The minimum atomic E-state index is -0.653. The third-order valence-electron chi connectivity index (χ3n) is 4.41. The molecular weight excluding hydrogens is 546 g/mol. The predicted molar refractivity (Wildman–Crippen MR) is 138 cm³/mol. The van der Waals surface area contributed by atoms with Gasteiger partial charge in [-0.15, -0.1) is 0 Å². The van der Waals surface area contributed by atoms with E-state index < -0.39 is 15.8 Å². The summed E-state index contributed by atoms with van der Waals surface area (Å²) in [4.78, 5) is 0. The third-order valence-corrected chi connectivity index (χ3v) is 8.73. The second kappa shape index (κ2) is 14.0. The predicted octanol–water partition coefficient (Wildman–Crippen LogP) is 6.90. The number of benzene rings is 4. The molecule has 0 unspecified atom stereocenters. The molecule has 0 saturated heterocycles. The molecule has 0 amide bonds. The SMILES string of the molecule is [C-](=CP(c1ccccc1)c1ccccc1)P(c1ccccc1)c1ccccc1.[Cl][Ru][Cl]. The summed E-state index contributed by atoms with van der Waals surface area (Å²) in [5.41, 5.74) is 0. The maximum atomic E-state index is 4.85. The number of hydrogen-bond acceptors (Lipinski definition) is 0. The molecule has 0 heterocycles. The molecule has 0 spiro atoms. The van der Waals surface area contributed by atoms with Crippen molar-refractivity contribution < 1.29 is 15.1 Å². The van der Waals surface area contributed by atoms with Crippen LogP contribution < -0.4 is 21.2 Å². The Bertz CT molecular complexity index is 866. The van der Waals surface area contributed by atoms with E-state index in [1.54, 1.807) is 0 Å². The first-order valence-corrected chi connectivity index (χ1v) is 16.8. The van der Waals surface area contributed by atoms with E-state index in [1.165, 1.54) is 21.2 Å². The van der Waals surface area contributed by atoms with Crippen LogP contribution in [-0.4, -0.2) is 0 Å². The van der Waals surface area contributed by atoms with Crippen molar-refractivity contribution in [3.05, 3.63) is 133 Å². The van der Waals surface area contributed by atoms with Gasteiger partial charge in [0, 0.05) is 0 Å². The van der Waals surface area contributed by atoms with Crippen LogP contribution in [0.15, 0.2) is 127 Å². The molecule has 0 N–H and O–H groups in total. The average molecular weight is 567 g/mol. The molecule has 0 bridgehead atoms. The summed E-state index contributed by atoms with van der Waals surface area (Å²) in [6.07, 6.45) is 0. The van der Waals surface area contributed by atoms with Crippen LogP contribution in [0.4, 0.5) is 0 Å². The Morgan fingerprint density at radius 1 is 0.516 bits per heavy atom. The molecule has 4 aromatic rings. The Hall–Kier alpha value is -1.32. The summed E-state index contributed by atoms with van der Waals surface area (Å²) >= 11 is -0.346. The van der Waals surface area contributed by atoms with Crippen molar-refractivity contribution in [2.45, 2.75) is 0 Å². The Morgan fingerprint density at radius 3 is 1.13 bits per heavy atom. The Morgan fingerprint density at radius 2 is 0.806 bits per heavy atom. The first-order valence-electron chi connectivity index (χ1n) is 9.57. The minimum absolute atomic E-state index is 0.346. The molecular formula is C26H21Cl2P2Ru-. The van der Waals surface area contributed by atoms with E-state index in [9.17, 15) is 0 Å². The van der Waals surface area contributed by atoms with Gasteiger partial charge in [0.25, 0.3) is 0 Å². The molecule has 0 fully saturated rings. The fraction of sp³-hybridized carbons (Fsp3) is 0. The monoisotopic (exact) mass is 567 g/mol. The molecule has 5 heteroatoms. The van der Waals surface area contributed by atoms with Crippen molar-refractivity contribution in [3.63, 3.8) is 0 Å². The standard InChI is InChI=1S/C26H21P2.2ClH.Ru/c1-5-13-23(14-6-1)27(24-15-7-2-8-16-24)21-22-28(25-17-9-3-10-18-25)26-19-11-4-12-20-26;;;/h1-21H;2*1H;/q-1;;;+2/p-2. The van der Waals surface area contributed by atoms with Crippen molar-refractivity contribution in [1.29, 1.82) is 0 Å². The topological polar surface area (TPSA) is 0 Å². The van der Waals surface area contributed by atoms with E-state index in [0.717, 1.165) is 0 Å². The van der Waals surface area contributed by atoms with Gasteiger partial charge >= 0.3 is 34.5 Å². The fourth-order valence-corrected chi connectivity index (χ4v) is 7.09. The summed E-state index contributed by atoms with van der Waals surface area (Å²) in [7, 11) is 8.47. The van der Waals surface area contributed by atoms with Gasteiger partial charge in [-0.2, -0.15) is 0 Å². The summed E-state index contributed by atoms with van der Waals surface area (Å²) in [6.45, 7) is 0. The zero-order chi connectivity index (χ0) is 21.7. The van der Waals surface area contributed by atoms with E-state index >= 15 is 0 Å². The van der Waals surface area contributed by atoms with Crippen molar-refractivity contribution in [2.75, 3.05) is 0 Å². The molecule has 0 radical (unpaired) electrons. The van der Waals surface area contributed by atoms with Gasteiger partial charge in [0.15, 0.2) is 0 Å². The van der Waals surface area contributed by atoms with Gasteiger partial charge in [0.1, 0.15) is 0 Å². The molecule has 31 heavy (non-hydrogen) atoms. The van der Waals surface area contributed by atoms with Gasteiger partial charge in [-0.05, 0) is 21.2 Å². The summed E-state index contributed by atoms with van der Waals surface area (Å²) in [6, 6.07) is 43.0. The van der Waals surface area contributed by atoms with Crippen LogP contribution in [0.3, 0.4) is 0 Å². The molecule has 4 aromatic carbocycles. The normalized spacial score (nSPS) is 11.0. The van der Waals surface area contributed by atoms with Crippen molar-refractivity contribution in [3.8, 4) is 0 Å². The number of hydrogen-bond donors (Lipinski definition) is 0. The maximum absolute atomic E-state index is 4.85.